The van der Waals surface area contributed by atoms with Crippen molar-refractivity contribution in [1.29, 1.82) is 0 Å². The summed E-state index contributed by atoms with van der Waals surface area (Å²) in [5.41, 5.74) is 6.98. The third-order valence-corrected chi connectivity index (χ3v) is 5.38. The van der Waals surface area contributed by atoms with E-state index in [4.69, 9.17) is 5.73 Å². The van der Waals surface area contributed by atoms with E-state index >= 15 is 0 Å². The summed E-state index contributed by atoms with van der Waals surface area (Å²) >= 11 is 0. The van der Waals surface area contributed by atoms with Crippen LogP contribution in [0.25, 0.3) is 0 Å². The van der Waals surface area contributed by atoms with Crippen LogP contribution in [0.5, 0.6) is 0 Å². The fourth-order valence-electron chi connectivity index (χ4n) is 3.97. The molecule has 5 nitrogen and oxygen atoms in total. The standard InChI is InChI=1S/C19H26N2O3/c20-18(23)16-3-1-2-13(11-16)10-14-8-9-21(12-14)19(24)15-4-6-17(22)7-5-15/h1-3,11,14-15,17,22H,4-10,12H2,(H2,20,23)/t14-,15?,17?/m0/s1. The third-order valence-electron chi connectivity index (χ3n) is 5.38. The molecule has 0 unspecified atom stereocenters. The molecule has 1 heterocycles. The van der Waals surface area contributed by atoms with Crippen molar-refractivity contribution in [2.24, 2.45) is 17.6 Å². The second kappa shape index (κ2) is 7.34. The van der Waals surface area contributed by atoms with Gasteiger partial charge in [-0.2, -0.15) is 0 Å². The molecule has 1 atom stereocenters. The Morgan fingerprint density at radius 2 is 1.92 bits per heavy atom. The summed E-state index contributed by atoms with van der Waals surface area (Å²) < 4.78 is 0. The molecule has 1 aliphatic heterocycles. The highest BCUT2D eigenvalue weighted by atomic mass is 16.3. The van der Waals surface area contributed by atoms with Crippen LogP contribution in [-0.2, 0) is 11.2 Å². The highest BCUT2D eigenvalue weighted by Crippen LogP contribution is 2.29. The Morgan fingerprint density at radius 1 is 1.17 bits per heavy atom. The lowest BCUT2D eigenvalue weighted by atomic mass is 9.86. The van der Waals surface area contributed by atoms with Crippen LogP contribution in [0.1, 0.15) is 48.0 Å². The average Bonchev–Trinajstić information content (AvgIpc) is 3.03. The van der Waals surface area contributed by atoms with Crippen molar-refractivity contribution in [3.8, 4) is 0 Å². The molecular weight excluding hydrogens is 304 g/mol. The highest BCUT2D eigenvalue weighted by molar-refractivity contribution is 5.92. The monoisotopic (exact) mass is 330 g/mol. The molecule has 0 spiro atoms. The number of amides is 2. The van der Waals surface area contributed by atoms with Crippen molar-refractivity contribution in [1.82, 2.24) is 4.90 Å². The maximum absolute atomic E-state index is 12.6. The van der Waals surface area contributed by atoms with Gasteiger partial charge in [0.05, 0.1) is 6.10 Å². The average molecular weight is 330 g/mol. The van der Waals surface area contributed by atoms with Gasteiger partial charge in [-0.3, -0.25) is 9.59 Å². The van der Waals surface area contributed by atoms with Gasteiger partial charge in [0.15, 0.2) is 0 Å². The largest absolute Gasteiger partial charge is 0.393 e. The van der Waals surface area contributed by atoms with E-state index < -0.39 is 5.91 Å². The lowest BCUT2D eigenvalue weighted by molar-refractivity contribution is -0.136. The van der Waals surface area contributed by atoms with Crippen molar-refractivity contribution in [3.05, 3.63) is 35.4 Å². The van der Waals surface area contributed by atoms with Crippen LogP contribution in [0.15, 0.2) is 24.3 Å². The smallest absolute Gasteiger partial charge is 0.248 e. The van der Waals surface area contributed by atoms with Crippen LogP contribution >= 0.6 is 0 Å². The second-order valence-corrected chi connectivity index (χ2v) is 7.21. The van der Waals surface area contributed by atoms with E-state index in [0.29, 0.717) is 11.5 Å². The van der Waals surface area contributed by atoms with E-state index in [-0.39, 0.29) is 17.9 Å². The lowest BCUT2D eigenvalue weighted by Gasteiger charge is -2.28. The summed E-state index contributed by atoms with van der Waals surface area (Å²) in [5, 5.41) is 9.58. The Hall–Kier alpha value is -1.88. The molecule has 0 radical (unpaired) electrons. The Morgan fingerprint density at radius 3 is 2.62 bits per heavy atom. The van der Waals surface area contributed by atoms with Crippen LogP contribution in [0, 0.1) is 11.8 Å². The molecule has 2 fully saturated rings. The number of benzene rings is 1. The minimum Gasteiger partial charge on any atom is -0.393 e. The van der Waals surface area contributed by atoms with Gasteiger partial charge in [-0.1, -0.05) is 12.1 Å². The van der Waals surface area contributed by atoms with Gasteiger partial charge < -0.3 is 15.7 Å². The minimum absolute atomic E-state index is 0.0883. The molecule has 5 heteroatoms. The summed E-state index contributed by atoms with van der Waals surface area (Å²) in [5.74, 6) is 0.381. The van der Waals surface area contributed by atoms with E-state index in [1.165, 1.54) is 0 Å². The molecule has 1 saturated heterocycles. The Balaban J connectivity index is 1.54. The molecule has 0 bridgehead atoms. The van der Waals surface area contributed by atoms with E-state index in [0.717, 1.165) is 57.2 Å². The number of carbonyl (C=O) groups excluding carboxylic acids is 2. The molecule has 1 aliphatic carbocycles. The lowest BCUT2D eigenvalue weighted by Crippen LogP contribution is -2.37. The zero-order valence-electron chi connectivity index (χ0n) is 14.0. The third kappa shape index (κ3) is 3.96. The summed E-state index contributed by atoms with van der Waals surface area (Å²) in [6, 6.07) is 7.46. The number of carbonyl (C=O) groups is 2. The normalized spacial score (nSPS) is 27.2. The van der Waals surface area contributed by atoms with Gasteiger partial charge in [0, 0.05) is 24.6 Å². The Kier molecular flexibility index (Phi) is 5.19. The molecule has 2 aliphatic rings. The molecule has 0 aromatic heterocycles. The van der Waals surface area contributed by atoms with Gasteiger partial charge in [0.2, 0.25) is 11.8 Å². The molecule has 3 rings (SSSR count). The number of hydrogen-bond donors (Lipinski definition) is 2. The maximum atomic E-state index is 12.6. The van der Waals surface area contributed by atoms with Gasteiger partial charge in [0.25, 0.3) is 0 Å². The zero-order valence-corrected chi connectivity index (χ0v) is 14.0. The van der Waals surface area contributed by atoms with Crippen molar-refractivity contribution in [2.45, 2.75) is 44.6 Å². The first-order valence-corrected chi connectivity index (χ1v) is 8.88. The molecule has 1 saturated carbocycles. The van der Waals surface area contributed by atoms with E-state index in [1.54, 1.807) is 6.07 Å². The summed E-state index contributed by atoms with van der Waals surface area (Å²) in [6.07, 6.45) is 4.75. The maximum Gasteiger partial charge on any atom is 0.248 e. The van der Waals surface area contributed by atoms with Gasteiger partial charge in [-0.25, -0.2) is 0 Å². The first-order chi connectivity index (χ1) is 11.5. The quantitative estimate of drug-likeness (QED) is 0.882. The van der Waals surface area contributed by atoms with E-state index in [9.17, 15) is 14.7 Å². The summed E-state index contributed by atoms with van der Waals surface area (Å²) in [7, 11) is 0. The predicted molar refractivity (Wildman–Crippen MR) is 91.3 cm³/mol. The van der Waals surface area contributed by atoms with Crippen molar-refractivity contribution in [2.75, 3.05) is 13.1 Å². The predicted octanol–water partition coefficient (Wildman–Crippen LogP) is 1.73. The number of nitrogens with two attached hydrogens (primary N) is 1. The Bertz CT molecular complexity index is 608. The van der Waals surface area contributed by atoms with Gasteiger partial charge in [-0.15, -0.1) is 0 Å². The summed E-state index contributed by atoms with van der Waals surface area (Å²) in [6.45, 7) is 1.61. The van der Waals surface area contributed by atoms with Crippen LogP contribution in [-0.4, -0.2) is 41.0 Å². The topological polar surface area (TPSA) is 83.6 Å². The molecular formula is C19H26N2O3. The number of aliphatic hydroxyl groups excluding tert-OH is 1. The van der Waals surface area contributed by atoms with Crippen molar-refractivity contribution in [3.63, 3.8) is 0 Å². The molecule has 3 N–H and O–H groups in total. The van der Waals surface area contributed by atoms with Crippen LogP contribution < -0.4 is 5.73 Å². The van der Waals surface area contributed by atoms with Crippen molar-refractivity contribution >= 4 is 11.8 Å². The van der Waals surface area contributed by atoms with Gasteiger partial charge in [0.1, 0.15) is 0 Å². The number of rotatable bonds is 4. The van der Waals surface area contributed by atoms with Crippen LogP contribution in [0.3, 0.4) is 0 Å². The SMILES string of the molecule is NC(=O)c1cccc(C[C@@H]2CCN(C(=O)C3CCC(O)CC3)C2)c1. The number of aliphatic hydroxyl groups is 1. The number of nitrogens with zero attached hydrogens (tertiary/aromatic N) is 1. The molecule has 130 valence electrons. The second-order valence-electron chi connectivity index (χ2n) is 7.21. The van der Waals surface area contributed by atoms with Crippen LogP contribution in [0.2, 0.25) is 0 Å². The zero-order chi connectivity index (χ0) is 17.1. The fraction of sp³-hybridized carbons (Fsp3) is 0.579. The van der Waals surface area contributed by atoms with Gasteiger partial charge in [-0.05, 0) is 62.1 Å². The molecule has 1 aromatic rings. The van der Waals surface area contributed by atoms with E-state index in [1.807, 2.05) is 23.1 Å². The molecule has 24 heavy (non-hydrogen) atoms. The van der Waals surface area contributed by atoms with Crippen LogP contribution in [0.4, 0.5) is 0 Å². The number of primary amides is 1. The Labute approximate surface area is 142 Å². The molecule has 1 aromatic carbocycles. The first-order valence-electron chi connectivity index (χ1n) is 8.88. The van der Waals surface area contributed by atoms with Gasteiger partial charge >= 0.3 is 0 Å². The first kappa shape index (κ1) is 17.0. The highest BCUT2D eigenvalue weighted by Gasteiger charge is 2.32. The molecule has 2 amide bonds. The summed E-state index contributed by atoms with van der Waals surface area (Å²) in [4.78, 5) is 25.9. The number of likely N-dealkylation sites (tertiary alicyclic amines) is 1. The van der Waals surface area contributed by atoms with E-state index in [2.05, 4.69) is 0 Å². The van der Waals surface area contributed by atoms with Crippen molar-refractivity contribution < 1.29 is 14.7 Å². The minimum atomic E-state index is -0.403. The fourth-order valence-corrected chi connectivity index (χ4v) is 3.97. The number of hydrogen-bond acceptors (Lipinski definition) is 3.